The Bertz CT molecular complexity index is 399. The van der Waals surface area contributed by atoms with Crippen LogP contribution in [0.3, 0.4) is 0 Å². The largest absolute Gasteiger partial charge is 0.371 e. The Hall–Kier alpha value is -1.09. The smallest absolute Gasteiger partial charge is 0.130 e. The Morgan fingerprint density at radius 2 is 2.17 bits per heavy atom. The summed E-state index contributed by atoms with van der Waals surface area (Å²) >= 11 is 0. The molecular weight excluding hydrogens is 227 g/mol. The van der Waals surface area contributed by atoms with E-state index in [1.807, 2.05) is 13.0 Å². The van der Waals surface area contributed by atoms with Crippen LogP contribution < -0.4 is 10.6 Å². The lowest BCUT2D eigenvalue weighted by molar-refractivity contribution is 0.589. The zero-order chi connectivity index (χ0) is 13.1. The van der Waals surface area contributed by atoms with Gasteiger partial charge in [0.25, 0.3) is 0 Å². The van der Waals surface area contributed by atoms with Crippen LogP contribution in [0.25, 0.3) is 0 Å². The summed E-state index contributed by atoms with van der Waals surface area (Å²) in [6.45, 7) is 6.02. The third-order valence-electron chi connectivity index (χ3n) is 3.49. The number of benzene rings is 1. The first kappa shape index (κ1) is 13.3. The molecule has 0 heterocycles. The zero-order valence-corrected chi connectivity index (χ0v) is 11.3. The highest BCUT2D eigenvalue weighted by atomic mass is 19.1. The van der Waals surface area contributed by atoms with Gasteiger partial charge in [0.15, 0.2) is 0 Å². The third-order valence-corrected chi connectivity index (χ3v) is 3.49. The average molecular weight is 250 g/mol. The fourth-order valence-electron chi connectivity index (χ4n) is 2.44. The van der Waals surface area contributed by atoms with Crippen molar-refractivity contribution in [3.63, 3.8) is 0 Å². The lowest BCUT2D eigenvalue weighted by atomic mass is 10.0. The van der Waals surface area contributed by atoms with Crippen LogP contribution in [0.15, 0.2) is 18.2 Å². The summed E-state index contributed by atoms with van der Waals surface area (Å²) in [5, 5.41) is 0. The van der Waals surface area contributed by atoms with E-state index < -0.39 is 0 Å². The molecule has 1 saturated carbocycles. The van der Waals surface area contributed by atoms with E-state index in [-0.39, 0.29) is 11.9 Å². The molecule has 1 unspecified atom stereocenters. The molecule has 0 spiro atoms. The van der Waals surface area contributed by atoms with Crippen LogP contribution in [0.2, 0.25) is 0 Å². The van der Waals surface area contributed by atoms with Gasteiger partial charge >= 0.3 is 0 Å². The maximum Gasteiger partial charge on any atom is 0.130 e. The van der Waals surface area contributed by atoms with Gasteiger partial charge in [0, 0.05) is 30.4 Å². The molecule has 100 valence electrons. The highest BCUT2D eigenvalue weighted by Gasteiger charge is 2.26. The van der Waals surface area contributed by atoms with Crippen LogP contribution in [-0.2, 0) is 0 Å². The normalized spacial score (nSPS) is 16.7. The van der Waals surface area contributed by atoms with Gasteiger partial charge in [-0.3, -0.25) is 0 Å². The van der Waals surface area contributed by atoms with Crippen molar-refractivity contribution in [3.05, 3.63) is 29.6 Å². The molecule has 1 aromatic carbocycles. The SMILES string of the molecule is CCCN(CC1CC1)c1cccc(F)c1C(C)N. The van der Waals surface area contributed by atoms with Crippen LogP contribution in [0.5, 0.6) is 0 Å². The zero-order valence-electron chi connectivity index (χ0n) is 11.3. The molecule has 3 heteroatoms. The minimum absolute atomic E-state index is 0.181. The van der Waals surface area contributed by atoms with Crippen LogP contribution in [0, 0.1) is 11.7 Å². The van der Waals surface area contributed by atoms with E-state index in [1.54, 1.807) is 6.07 Å². The van der Waals surface area contributed by atoms with Crippen molar-refractivity contribution in [2.45, 2.75) is 39.2 Å². The fourth-order valence-corrected chi connectivity index (χ4v) is 2.44. The Kier molecular flexibility index (Phi) is 4.23. The monoisotopic (exact) mass is 250 g/mol. The Balaban J connectivity index is 2.29. The molecule has 0 bridgehead atoms. The molecule has 18 heavy (non-hydrogen) atoms. The molecule has 0 amide bonds. The molecule has 1 aliphatic rings. The highest BCUT2D eigenvalue weighted by molar-refractivity contribution is 5.55. The summed E-state index contributed by atoms with van der Waals surface area (Å²) in [6.07, 6.45) is 3.69. The van der Waals surface area contributed by atoms with Crippen LogP contribution in [-0.4, -0.2) is 13.1 Å². The van der Waals surface area contributed by atoms with Crippen molar-refractivity contribution in [2.75, 3.05) is 18.0 Å². The van der Waals surface area contributed by atoms with E-state index >= 15 is 0 Å². The number of nitrogens with two attached hydrogens (primary N) is 1. The van der Waals surface area contributed by atoms with Gasteiger partial charge in [0.1, 0.15) is 5.82 Å². The quantitative estimate of drug-likeness (QED) is 0.837. The van der Waals surface area contributed by atoms with Crippen molar-refractivity contribution < 1.29 is 4.39 Å². The highest BCUT2D eigenvalue weighted by Crippen LogP contribution is 2.34. The molecule has 2 nitrogen and oxygen atoms in total. The van der Waals surface area contributed by atoms with E-state index in [0.717, 1.165) is 31.1 Å². The summed E-state index contributed by atoms with van der Waals surface area (Å²) < 4.78 is 13.9. The van der Waals surface area contributed by atoms with Gasteiger partial charge in [0.2, 0.25) is 0 Å². The predicted molar refractivity (Wildman–Crippen MR) is 74.2 cm³/mol. The van der Waals surface area contributed by atoms with Crippen LogP contribution in [0.1, 0.15) is 44.7 Å². The van der Waals surface area contributed by atoms with Gasteiger partial charge in [-0.15, -0.1) is 0 Å². The maximum absolute atomic E-state index is 13.9. The molecule has 0 radical (unpaired) electrons. The van der Waals surface area contributed by atoms with Gasteiger partial charge < -0.3 is 10.6 Å². The standard InChI is InChI=1S/C15H23FN2/c1-3-9-18(10-12-7-8-12)14-6-4-5-13(16)15(14)11(2)17/h4-6,11-12H,3,7-10,17H2,1-2H3. The molecular formula is C15H23FN2. The van der Waals surface area contributed by atoms with E-state index in [1.165, 1.54) is 18.9 Å². The van der Waals surface area contributed by atoms with E-state index in [2.05, 4.69) is 11.8 Å². The van der Waals surface area contributed by atoms with E-state index in [4.69, 9.17) is 5.73 Å². The van der Waals surface area contributed by atoms with Gasteiger partial charge in [-0.25, -0.2) is 4.39 Å². The van der Waals surface area contributed by atoms with Crippen molar-refractivity contribution in [3.8, 4) is 0 Å². The fraction of sp³-hybridized carbons (Fsp3) is 0.600. The molecule has 0 saturated heterocycles. The number of nitrogens with zero attached hydrogens (tertiary/aromatic N) is 1. The number of hydrogen-bond acceptors (Lipinski definition) is 2. The molecule has 1 fully saturated rings. The minimum Gasteiger partial charge on any atom is -0.371 e. The van der Waals surface area contributed by atoms with Gasteiger partial charge in [0.05, 0.1) is 0 Å². The summed E-state index contributed by atoms with van der Waals surface area (Å²) in [5.41, 5.74) is 7.57. The number of halogens is 1. The van der Waals surface area contributed by atoms with Crippen molar-refractivity contribution in [2.24, 2.45) is 11.7 Å². The van der Waals surface area contributed by atoms with Crippen molar-refractivity contribution in [1.82, 2.24) is 0 Å². The molecule has 0 aliphatic heterocycles. The summed E-state index contributed by atoms with van der Waals surface area (Å²) in [5.74, 6) is 0.611. The van der Waals surface area contributed by atoms with E-state index in [9.17, 15) is 4.39 Å². The molecule has 1 aliphatic carbocycles. The molecule has 1 atom stereocenters. The number of hydrogen-bond donors (Lipinski definition) is 1. The molecule has 1 aromatic rings. The topological polar surface area (TPSA) is 29.3 Å². The lowest BCUT2D eigenvalue weighted by Gasteiger charge is -2.28. The first-order chi connectivity index (χ1) is 8.63. The van der Waals surface area contributed by atoms with Gasteiger partial charge in [-0.1, -0.05) is 13.0 Å². The third kappa shape index (κ3) is 3.02. The summed E-state index contributed by atoms with van der Waals surface area (Å²) in [4.78, 5) is 2.31. The van der Waals surface area contributed by atoms with E-state index in [0.29, 0.717) is 5.56 Å². The molecule has 2 rings (SSSR count). The second kappa shape index (κ2) is 5.70. The van der Waals surface area contributed by atoms with Crippen LogP contribution >= 0.6 is 0 Å². The minimum atomic E-state index is -0.264. The van der Waals surface area contributed by atoms with Crippen molar-refractivity contribution >= 4 is 5.69 Å². The second-order valence-corrected chi connectivity index (χ2v) is 5.35. The summed E-state index contributed by atoms with van der Waals surface area (Å²) in [6, 6.07) is 5.02. The lowest BCUT2D eigenvalue weighted by Crippen LogP contribution is -2.29. The van der Waals surface area contributed by atoms with Crippen LogP contribution in [0.4, 0.5) is 10.1 Å². The Morgan fingerprint density at radius 3 is 2.72 bits per heavy atom. The second-order valence-electron chi connectivity index (χ2n) is 5.35. The number of anilines is 1. The Labute approximate surface area is 109 Å². The molecule has 0 aromatic heterocycles. The maximum atomic E-state index is 13.9. The average Bonchev–Trinajstić information content (AvgIpc) is 3.11. The van der Waals surface area contributed by atoms with Gasteiger partial charge in [-0.2, -0.15) is 0 Å². The first-order valence-corrected chi connectivity index (χ1v) is 6.92. The predicted octanol–water partition coefficient (Wildman–Crippen LogP) is 3.47. The van der Waals surface area contributed by atoms with Crippen molar-refractivity contribution in [1.29, 1.82) is 0 Å². The van der Waals surface area contributed by atoms with Gasteiger partial charge in [-0.05, 0) is 44.2 Å². The first-order valence-electron chi connectivity index (χ1n) is 6.92. The summed E-state index contributed by atoms with van der Waals surface area (Å²) in [7, 11) is 0. The Morgan fingerprint density at radius 1 is 1.44 bits per heavy atom. The molecule has 2 N–H and O–H groups in total. The number of rotatable bonds is 6.